The minimum absolute atomic E-state index is 0.0511. The maximum Gasteiger partial charge on any atom is 0.418 e. The largest absolute Gasteiger partial charge is 0.497 e. The van der Waals surface area contributed by atoms with Crippen LogP contribution in [0.5, 0.6) is 11.5 Å². The van der Waals surface area contributed by atoms with Crippen LogP contribution in [0.3, 0.4) is 0 Å². The summed E-state index contributed by atoms with van der Waals surface area (Å²) in [5.41, 5.74) is 0.536. The Bertz CT molecular complexity index is 612. The molecule has 2 aromatic rings. The molecule has 0 aliphatic heterocycles. The molecule has 0 heterocycles. The summed E-state index contributed by atoms with van der Waals surface area (Å²) in [6, 6.07) is 15.5. The molecule has 20 heavy (non-hydrogen) atoms. The average Bonchev–Trinajstić information content (AvgIpc) is 2.48. The first-order valence-electron chi connectivity index (χ1n) is 5.96. The summed E-state index contributed by atoms with van der Waals surface area (Å²) >= 11 is 0. The van der Waals surface area contributed by atoms with Gasteiger partial charge in [-0.2, -0.15) is 0 Å². The van der Waals surface area contributed by atoms with Crippen molar-refractivity contribution < 1.29 is 14.3 Å². The van der Waals surface area contributed by atoms with Gasteiger partial charge in [0.25, 0.3) is 0 Å². The summed E-state index contributed by atoms with van der Waals surface area (Å²) in [5.74, 6) is 0.985. The number of amides is 1. The maximum atomic E-state index is 11.6. The van der Waals surface area contributed by atoms with Crippen LogP contribution < -0.4 is 14.8 Å². The fraction of sp³-hybridized carbons (Fsp3) is 0.0667. The summed E-state index contributed by atoms with van der Waals surface area (Å²) in [6.45, 7) is 0. The van der Waals surface area contributed by atoms with Gasteiger partial charge in [-0.25, -0.2) is 4.79 Å². The number of hydrogen-bond donors (Lipinski definition) is 2. The van der Waals surface area contributed by atoms with Gasteiger partial charge in [-0.05, 0) is 24.3 Å². The lowest BCUT2D eigenvalue weighted by Crippen LogP contribution is -2.32. The Morgan fingerprint density at radius 3 is 2.45 bits per heavy atom. The second kappa shape index (κ2) is 6.38. The molecule has 102 valence electrons. The van der Waals surface area contributed by atoms with Gasteiger partial charge >= 0.3 is 6.09 Å². The molecular formula is C15H14N2O3. The van der Waals surface area contributed by atoms with Crippen molar-refractivity contribution in [3.63, 3.8) is 0 Å². The van der Waals surface area contributed by atoms with E-state index >= 15 is 0 Å². The van der Waals surface area contributed by atoms with Crippen LogP contribution in [0.4, 0.5) is 4.79 Å². The fourth-order valence-corrected chi connectivity index (χ4v) is 1.57. The van der Waals surface area contributed by atoms with Gasteiger partial charge in [0.05, 0.1) is 7.11 Å². The number of hydrogen-bond acceptors (Lipinski definition) is 4. The van der Waals surface area contributed by atoms with E-state index in [0.717, 1.165) is 0 Å². The molecule has 0 saturated heterocycles. The van der Waals surface area contributed by atoms with Crippen molar-refractivity contribution in [3.05, 3.63) is 60.2 Å². The first kappa shape index (κ1) is 13.6. The summed E-state index contributed by atoms with van der Waals surface area (Å²) in [6.07, 6.45) is -0.705. The van der Waals surface area contributed by atoms with Crippen molar-refractivity contribution in [1.82, 2.24) is 5.32 Å². The molecule has 0 aliphatic carbocycles. The third-order valence-corrected chi connectivity index (χ3v) is 2.54. The molecule has 0 radical (unpaired) electrons. The molecule has 0 fully saturated rings. The highest BCUT2D eigenvalue weighted by Gasteiger charge is 2.09. The number of benzene rings is 2. The van der Waals surface area contributed by atoms with Gasteiger partial charge in [0, 0.05) is 5.56 Å². The predicted octanol–water partition coefficient (Wildman–Crippen LogP) is 2.81. The standard InChI is InChI=1S/C15H14N2O3/c1-19-13-9-5-6-11(10-13)14(16)17-15(18)20-12-7-3-2-4-8-12/h2-10H,1H3,(H2,16,17,18). The van der Waals surface area contributed by atoms with Crippen molar-refractivity contribution in [2.24, 2.45) is 0 Å². The molecular weight excluding hydrogens is 256 g/mol. The topological polar surface area (TPSA) is 71.4 Å². The van der Waals surface area contributed by atoms with Gasteiger partial charge in [-0.3, -0.25) is 10.7 Å². The second-order valence-electron chi connectivity index (χ2n) is 3.93. The van der Waals surface area contributed by atoms with E-state index in [-0.39, 0.29) is 5.84 Å². The van der Waals surface area contributed by atoms with E-state index in [9.17, 15) is 4.79 Å². The molecule has 0 aliphatic rings. The zero-order chi connectivity index (χ0) is 14.4. The smallest absolute Gasteiger partial charge is 0.418 e. The fourth-order valence-electron chi connectivity index (χ4n) is 1.57. The Labute approximate surface area is 116 Å². The van der Waals surface area contributed by atoms with E-state index in [1.807, 2.05) is 6.07 Å². The van der Waals surface area contributed by atoms with E-state index in [2.05, 4.69) is 5.32 Å². The Kier molecular flexibility index (Phi) is 4.34. The minimum atomic E-state index is -0.705. The minimum Gasteiger partial charge on any atom is -0.497 e. The number of methoxy groups -OCH3 is 1. The third kappa shape index (κ3) is 3.58. The SMILES string of the molecule is COc1cccc(C(=N)NC(=O)Oc2ccccc2)c1. The molecule has 5 nitrogen and oxygen atoms in total. The van der Waals surface area contributed by atoms with E-state index in [1.165, 1.54) is 0 Å². The van der Waals surface area contributed by atoms with Crippen LogP contribution in [0.25, 0.3) is 0 Å². The number of amidine groups is 1. The number of para-hydroxylation sites is 1. The molecule has 0 unspecified atom stereocenters. The van der Waals surface area contributed by atoms with Gasteiger partial charge in [0.1, 0.15) is 17.3 Å². The van der Waals surface area contributed by atoms with Crippen LogP contribution >= 0.6 is 0 Å². The Morgan fingerprint density at radius 2 is 1.75 bits per heavy atom. The van der Waals surface area contributed by atoms with Gasteiger partial charge < -0.3 is 9.47 Å². The molecule has 0 spiro atoms. The second-order valence-corrected chi connectivity index (χ2v) is 3.93. The zero-order valence-electron chi connectivity index (χ0n) is 10.9. The summed E-state index contributed by atoms with van der Waals surface area (Å²) in [4.78, 5) is 11.6. The molecule has 0 atom stereocenters. The van der Waals surface area contributed by atoms with Crippen molar-refractivity contribution in [1.29, 1.82) is 5.41 Å². The van der Waals surface area contributed by atoms with Crippen molar-refractivity contribution in [3.8, 4) is 11.5 Å². The maximum absolute atomic E-state index is 11.6. The third-order valence-electron chi connectivity index (χ3n) is 2.54. The molecule has 1 amide bonds. The van der Waals surface area contributed by atoms with Gasteiger partial charge in [-0.1, -0.05) is 30.3 Å². The van der Waals surface area contributed by atoms with Gasteiger partial charge in [0.15, 0.2) is 0 Å². The lowest BCUT2D eigenvalue weighted by molar-refractivity contribution is 0.206. The summed E-state index contributed by atoms with van der Waals surface area (Å²) < 4.78 is 10.1. The quantitative estimate of drug-likeness (QED) is 0.665. The lowest BCUT2D eigenvalue weighted by atomic mass is 10.2. The van der Waals surface area contributed by atoms with E-state index in [4.69, 9.17) is 14.9 Å². The molecule has 2 N–H and O–H groups in total. The van der Waals surface area contributed by atoms with Gasteiger partial charge in [-0.15, -0.1) is 0 Å². The van der Waals surface area contributed by atoms with Gasteiger partial charge in [0.2, 0.25) is 0 Å². The molecule has 0 bridgehead atoms. The predicted molar refractivity (Wildman–Crippen MR) is 75.4 cm³/mol. The Morgan fingerprint density at radius 1 is 1.05 bits per heavy atom. The van der Waals surface area contributed by atoms with Crippen LogP contribution in [0.2, 0.25) is 0 Å². The molecule has 2 rings (SSSR count). The zero-order valence-corrected chi connectivity index (χ0v) is 10.9. The van der Waals surface area contributed by atoms with Crippen LogP contribution in [0.1, 0.15) is 5.56 Å². The van der Waals surface area contributed by atoms with Crippen molar-refractivity contribution >= 4 is 11.9 Å². The molecule has 5 heteroatoms. The van der Waals surface area contributed by atoms with Crippen molar-refractivity contribution in [2.75, 3.05) is 7.11 Å². The van der Waals surface area contributed by atoms with Crippen LogP contribution in [-0.4, -0.2) is 19.0 Å². The number of nitrogens with one attached hydrogen (secondary N) is 2. The number of carbonyl (C=O) groups is 1. The summed E-state index contributed by atoms with van der Waals surface area (Å²) in [5, 5.41) is 10.2. The number of carbonyl (C=O) groups excluding carboxylic acids is 1. The number of ether oxygens (including phenoxy) is 2. The normalized spacial score (nSPS) is 9.65. The first-order chi connectivity index (χ1) is 9.69. The highest BCUT2D eigenvalue weighted by Crippen LogP contribution is 2.12. The molecule has 0 aromatic heterocycles. The molecule has 2 aromatic carbocycles. The monoisotopic (exact) mass is 270 g/mol. The first-order valence-corrected chi connectivity index (χ1v) is 5.96. The van der Waals surface area contributed by atoms with Crippen molar-refractivity contribution in [2.45, 2.75) is 0 Å². The van der Waals surface area contributed by atoms with Crippen LogP contribution in [-0.2, 0) is 0 Å². The van der Waals surface area contributed by atoms with Crippen LogP contribution in [0, 0.1) is 5.41 Å². The lowest BCUT2D eigenvalue weighted by Gasteiger charge is -2.08. The molecule has 0 saturated carbocycles. The van der Waals surface area contributed by atoms with E-state index < -0.39 is 6.09 Å². The average molecular weight is 270 g/mol. The Balaban J connectivity index is 1.98. The Hall–Kier alpha value is -2.82. The highest BCUT2D eigenvalue weighted by molar-refractivity contribution is 6.05. The highest BCUT2D eigenvalue weighted by atomic mass is 16.6. The van der Waals surface area contributed by atoms with Crippen LogP contribution in [0.15, 0.2) is 54.6 Å². The summed E-state index contributed by atoms with van der Waals surface area (Å²) in [7, 11) is 1.54. The van der Waals surface area contributed by atoms with E-state index in [0.29, 0.717) is 17.1 Å². The van der Waals surface area contributed by atoms with E-state index in [1.54, 1.807) is 55.6 Å². The number of rotatable bonds is 3.